The summed E-state index contributed by atoms with van der Waals surface area (Å²) in [7, 11) is 0. The fourth-order valence-electron chi connectivity index (χ4n) is 4.47. The van der Waals surface area contributed by atoms with Gasteiger partial charge in [-0.2, -0.15) is 0 Å². The van der Waals surface area contributed by atoms with Crippen molar-refractivity contribution >= 4 is 17.6 Å². The molecular weight excluding hydrogens is 352 g/mol. The van der Waals surface area contributed by atoms with Crippen LogP contribution < -0.4 is 0 Å². The monoisotopic (exact) mass is 384 g/mol. The van der Waals surface area contributed by atoms with Gasteiger partial charge in [-0.05, 0) is 55.9 Å². The van der Waals surface area contributed by atoms with Crippen molar-refractivity contribution in [2.24, 2.45) is 11.8 Å². The molecule has 2 heterocycles. The number of hydrogen-bond donors (Lipinski definition) is 0. The van der Waals surface area contributed by atoms with Crippen molar-refractivity contribution in [1.82, 2.24) is 9.80 Å². The summed E-state index contributed by atoms with van der Waals surface area (Å²) in [5.74, 6) is 0.683. The highest BCUT2D eigenvalue weighted by atomic mass is 16.2. The molecule has 1 aromatic rings. The smallest absolute Gasteiger partial charge is 0.289 e. The third kappa shape index (κ3) is 5.66. The number of carbonyl (C=O) groups excluding carboxylic acids is 3. The SMILES string of the molecule is CC(=O)C(=O)N1CCC(CCC(=O)N2CCC(Cc3ccccc3)CC2)CC1. The molecule has 0 atom stereocenters. The number of amides is 2. The third-order valence-corrected chi connectivity index (χ3v) is 6.30. The lowest BCUT2D eigenvalue weighted by Crippen LogP contribution is -2.42. The topological polar surface area (TPSA) is 57.7 Å². The van der Waals surface area contributed by atoms with Gasteiger partial charge >= 0.3 is 0 Å². The Bertz CT molecular complexity index is 672. The number of piperidine rings is 2. The number of benzene rings is 1. The predicted octanol–water partition coefficient (Wildman–Crippen LogP) is 3.08. The standard InChI is InChI=1S/C23H32N2O3/c1-18(26)23(28)25-15-9-19(10-16-25)7-8-22(27)24-13-11-21(12-14-24)17-20-5-3-2-4-6-20/h2-6,19,21H,7-17H2,1H3. The number of nitrogens with zero attached hydrogens (tertiary/aromatic N) is 2. The number of likely N-dealkylation sites (tertiary alicyclic amines) is 2. The second-order valence-electron chi connectivity index (χ2n) is 8.34. The Balaban J connectivity index is 1.34. The summed E-state index contributed by atoms with van der Waals surface area (Å²) in [6, 6.07) is 10.6. The number of hydrogen-bond acceptors (Lipinski definition) is 3. The fourth-order valence-corrected chi connectivity index (χ4v) is 4.47. The molecule has 0 spiro atoms. The van der Waals surface area contributed by atoms with Gasteiger partial charge in [-0.25, -0.2) is 0 Å². The first-order valence-corrected chi connectivity index (χ1v) is 10.6. The van der Waals surface area contributed by atoms with Gasteiger partial charge < -0.3 is 9.80 Å². The molecule has 152 valence electrons. The van der Waals surface area contributed by atoms with E-state index in [4.69, 9.17) is 0 Å². The Kier molecular flexibility index (Phi) is 7.24. The summed E-state index contributed by atoms with van der Waals surface area (Å²) in [6.45, 7) is 4.37. The minimum absolute atomic E-state index is 0.278. The molecule has 0 saturated carbocycles. The van der Waals surface area contributed by atoms with Gasteiger partial charge in [0.15, 0.2) is 0 Å². The van der Waals surface area contributed by atoms with Gasteiger partial charge in [0, 0.05) is 39.5 Å². The fraction of sp³-hybridized carbons (Fsp3) is 0.609. The van der Waals surface area contributed by atoms with E-state index < -0.39 is 0 Å². The lowest BCUT2D eigenvalue weighted by molar-refractivity contribution is -0.144. The molecule has 2 fully saturated rings. The Hall–Kier alpha value is -2.17. The van der Waals surface area contributed by atoms with Crippen LogP contribution in [0, 0.1) is 11.8 Å². The molecule has 28 heavy (non-hydrogen) atoms. The van der Waals surface area contributed by atoms with Gasteiger partial charge in [-0.15, -0.1) is 0 Å². The van der Waals surface area contributed by atoms with Gasteiger partial charge in [-0.3, -0.25) is 14.4 Å². The maximum absolute atomic E-state index is 12.6. The highest BCUT2D eigenvalue weighted by Crippen LogP contribution is 2.25. The molecule has 5 nitrogen and oxygen atoms in total. The van der Waals surface area contributed by atoms with E-state index >= 15 is 0 Å². The van der Waals surface area contributed by atoms with Crippen molar-refractivity contribution in [3.05, 3.63) is 35.9 Å². The average Bonchev–Trinajstić information content (AvgIpc) is 2.73. The molecule has 2 aliphatic heterocycles. The molecule has 0 bridgehead atoms. The van der Waals surface area contributed by atoms with Crippen LogP contribution in [0.5, 0.6) is 0 Å². The van der Waals surface area contributed by atoms with Crippen LogP contribution in [0.3, 0.4) is 0 Å². The molecule has 0 aliphatic carbocycles. The second kappa shape index (κ2) is 9.85. The summed E-state index contributed by atoms with van der Waals surface area (Å²) >= 11 is 0. The molecular formula is C23H32N2O3. The predicted molar refractivity (Wildman–Crippen MR) is 109 cm³/mol. The minimum Gasteiger partial charge on any atom is -0.343 e. The normalized spacial score (nSPS) is 18.9. The van der Waals surface area contributed by atoms with Gasteiger partial charge in [0.2, 0.25) is 11.7 Å². The number of ketones is 1. The molecule has 2 saturated heterocycles. The molecule has 0 radical (unpaired) electrons. The van der Waals surface area contributed by atoms with Crippen LogP contribution in [0.4, 0.5) is 0 Å². The van der Waals surface area contributed by atoms with Crippen LogP contribution in [0.25, 0.3) is 0 Å². The zero-order valence-electron chi connectivity index (χ0n) is 16.9. The Morgan fingerprint density at radius 3 is 2.04 bits per heavy atom. The van der Waals surface area contributed by atoms with Crippen LogP contribution in [0.1, 0.15) is 51.0 Å². The van der Waals surface area contributed by atoms with Crippen molar-refractivity contribution in [3.63, 3.8) is 0 Å². The summed E-state index contributed by atoms with van der Waals surface area (Å²) < 4.78 is 0. The average molecular weight is 385 g/mol. The first-order chi connectivity index (χ1) is 13.5. The van der Waals surface area contributed by atoms with E-state index in [1.807, 2.05) is 4.90 Å². The minimum atomic E-state index is -0.385. The first-order valence-electron chi connectivity index (χ1n) is 10.6. The van der Waals surface area contributed by atoms with Crippen molar-refractivity contribution < 1.29 is 14.4 Å². The van der Waals surface area contributed by atoms with E-state index in [9.17, 15) is 14.4 Å². The van der Waals surface area contributed by atoms with Crippen LogP contribution in [-0.2, 0) is 20.8 Å². The summed E-state index contributed by atoms with van der Waals surface area (Å²) in [5.41, 5.74) is 1.39. The Morgan fingerprint density at radius 2 is 1.43 bits per heavy atom. The molecule has 3 rings (SSSR count). The van der Waals surface area contributed by atoms with Gasteiger partial charge in [0.05, 0.1) is 0 Å². The van der Waals surface area contributed by atoms with E-state index in [-0.39, 0.29) is 17.6 Å². The third-order valence-electron chi connectivity index (χ3n) is 6.30. The van der Waals surface area contributed by atoms with Gasteiger partial charge in [0.25, 0.3) is 5.91 Å². The van der Waals surface area contributed by atoms with Crippen LogP contribution in [0.15, 0.2) is 30.3 Å². The zero-order valence-corrected chi connectivity index (χ0v) is 16.9. The summed E-state index contributed by atoms with van der Waals surface area (Å²) in [5, 5.41) is 0. The van der Waals surface area contributed by atoms with Crippen LogP contribution in [0.2, 0.25) is 0 Å². The quantitative estimate of drug-likeness (QED) is 0.708. The molecule has 0 N–H and O–H groups in total. The second-order valence-corrected chi connectivity index (χ2v) is 8.34. The zero-order chi connectivity index (χ0) is 19.9. The van der Waals surface area contributed by atoms with Crippen molar-refractivity contribution in [2.45, 2.75) is 51.9 Å². The van der Waals surface area contributed by atoms with Gasteiger partial charge in [-0.1, -0.05) is 30.3 Å². The van der Waals surface area contributed by atoms with E-state index in [0.29, 0.717) is 31.3 Å². The lowest BCUT2D eigenvalue weighted by atomic mass is 9.89. The van der Waals surface area contributed by atoms with E-state index in [0.717, 1.165) is 51.6 Å². The summed E-state index contributed by atoms with van der Waals surface area (Å²) in [4.78, 5) is 39.2. The number of carbonyl (C=O) groups is 3. The summed E-state index contributed by atoms with van der Waals surface area (Å²) in [6.07, 6.45) is 6.58. The Morgan fingerprint density at radius 1 is 0.857 bits per heavy atom. The highest BCUT2D eigenvalue weighted by molar-refractivity contribution is 6.35. The van der Waals surface area contributed by atoms with Crippen molar-refractivity contribution in [3.8, 4) is 0 Å². The lowest BCUT2D eigenvalue weighted by Gasteiger charge is -2.34. The maximum atomic E-state index is 12.6. The highest BCUT2D eigenvalue weighted by Gasteiger charge is 2.27. The van der Waals surface area contributed by atoms with Crippen LogP contribution >= 0.6 is 0 Å². The van der Waals surface area contributed by atoms with E-state index in [1.165, 1.54) is 12.5 Å². The Labute approximate surface area is 168 Å². The molecule has 0 aromatic heterocycles. The number of Topliss-reactive ketones (excluding diaryl/α,β-unsaturated/α-hetero) is 1. The van der Waals surface area contributed by atoms with E-state index in [2.05, 4.69) is 30.3 Å². The molecule has 5 heteroatoms. The van der Waals surface area contributed by atoms with E-state index in [1.54, 1.807) is 4.90 Å². The largest absolute Gasteiger partial charge is 0.343 e. The molecule has 0 unspecified atom stereocenters. The van der Waals surface area contributed by atoms with Crippen LogP contribution in [-0.4, -0.2) is 53.6 Å². The maximum Gasteiger partial charge on any atom is 0.289 e. The van der Waals surface area contributed by atoms with Crippen molar-refractivity contribution in [1.29, 1.82) is 0 Å². The molecule has 2 amide bonds. The van der Waals surface area contributed by atoms with Crippen molar-refractivity contribution in [2.75, 3.05) is 26.2 Å². The van der Waals surface area contributed by atoms with Gasteiger partial charge in [0.1, 0.15) is 0 Å². The molecule has 2 aliphatic rings. The first kappa shape index (κ1) is 20.6. The number of rotatable bonds is 6. The molecule has 1 aromatic carbocycles.